The Bertz CT molecular complexity index is 957. The monoisotopic (exact) mass is 403 g/mol. The SMILES string of the molecule is O=C(NC1CCC(Oc2ccc(C(F)(F)F)cn2)CC1)c1cc2ccccc2[nH]1. The number of hydrogen-bond donors (Lipinski definition) is 2. The third kappa shape index (κ3) is 4.52. The van der Waals surface area contributed by atoms with Crippen LogP contribution in [0.3, 0.4) is 0 Å². The number of H-pyrrole nitrogens is 1. The summed E-state index contributed by atoms with van der Waals surface area (Å²) < 4.78 is 43.5. The summed E-state index contributed by atoms with van der Waals surface area (Å²) in [6.07, 6.45) is -0.899. The summed E-state index contributed by atoms with van der Waals surface area (Å²) >= 11 is 0. The average Bonchev–Trinajstić information content (AvgIpc) is 3.14. The largest absolute Gasteiger partial charge is 0.474 e. The second kappa shape index (κ2) is 7.77. The number of amides is 1. The van der Waals surface area contributed by atoms with E-state index in [4.69, 9.17) is 4.74 Å². The van der Waals surface area contributed by atoms with Gasteiger partial charge in [0.05, 0.1) is 5.56 Å². The van der Waals surface area contributed by atoms with Gasteiger partial charge in [-0.05, 0) is 43.9 Å². The molecule has 1 saturated carbocycles. The number of halogens is 3. The Morgan fingerprint density at radius 2 is 1.86 bits per heavy atom. The lowest BCUT2D eigenvalue weighted by atomic mass is 9.93. The van der Waals surface area contributed by atoms with Gasteiger partial charge in [0.1, 0.15) is 11.8 Å². The van der Waals surface area contributed by atoms with Gasteiger partial charge in [-0.25, -0.2) is 4.98 Å². The predicted molar refractivity (Wildman–Crippen MR) is 102 cm³/mol. The first-order valence-corrected chi connectivity index (χ1v) is 9.47. The molecular formula is C21H20F3N3O2. The van der Waals surface area contributed by atoms with Gasteiger partial charge in [-0.3, -0.25) is 4.79 Å². The van der Waals surface area contributed by atoms with Crippen molar-refractivity contribution in [3.63, 3.8) is 0 Å². The summed E-state index contributed by atoms with van der Waals surface area (Å²) in [5.74, 6) is 0.0403. The maximum absolute atomic E-state index is 12.6. The molecule has 1 aliphatic carbocycles. The molecule has 8 heteroatoms. The summed E-state index contributed by atoms with van der Waals surface area (Å²) in [7, 11) is 0. The number of aromatic nitrogens is 2. The van der Waals surface area contributed by atoms with E-state index in [1.807, 2.05) is 30.3 Å². The quantitative estimate of drug-likeness (QED) is 0.664. The Labute approximate surface area is 165 Å². The van der Waals surface area contributed by atoms with Crippen molar-refractivity contribution in [2.75, 3.05) is 0 Å². The van der Waals surface area contributed by atoms with Gasteiger partial charge in [0.25, 0.3) is 5.91 Å². The van der Waals surface area contributed by atoms with Crippen LogP contribution >= 0.6 is 0 Å². The lowest BCUT2D eigenvalue weighted by Crippen LogP contribution is -2.39. The van der Waals surface area contributed by atoms with Crippen LogP contribution in [0.25, 0.3) is 10.9 Å². The van der Waals surface area contributed by atoms with Gasteiger partial charge in [-0.15, -0.1) is 0 Å². The Balaban J connectivity index is 1.28. The van der Waals surface area contributed by atoms with Crippen molar-refractivity contribution in [2.24, 2.45) is 0 Å². The van der Waals surface area contributed by atoms with E-state index < -0.39 is 11.7 Å². The van der Waals surface area contributed by atoms with Gasteiger partial charge in [-0.1, -0.05) is 18.2 Å². The molecule has 0 aliphatic heterocycles. The Morgan fingerprint density at radius 3 is 2.52 bits per heavy atom. The highest BCUT2D eigenvalue weighted by atomic mass is 19.4. The van der Waals surface area contributed by atoms with Crippen LogP contribution in [0.4, 0.5) is 13.2 Å². The molecule has 0 unspecified atom stereocenters. The van der Waals surface area contributed by atoms with E-state index in [1.54, 1.807) is 0 Å². The minimum absolute atomic E-state index is 0.0364. The number of hydrogen-bond acceptors (Lipinski definition) is 3. The summed E-state index contributed by atoms with van der Waals surface area (Å²) in [5.41, 5.74) is 0.644. The van der Waals surface area contributed by atoms with Crippen LogP contribution in [0.15, 0.2) is 48.7 Å². The van der Waals surface area contributed by atoms with Crippen molar-refractivity contribution in [1.82, 2.24) is 15.3 Å². The number of carbonyl (C=O) groups is 1. The van der Waals surface area contributed by atoms with Crippen LogP contribution in [0, 0.1) is 0 Å². The smallest absolute Gasteiger partial charge is 0.417 e. The minimum Gasteiger partial charge on any atom is -0.474 e. The van der Waals surface area contributed by atoms with Gasteiger partial charge >= 0.3 is 6.18 Å². The van der Waals surface area contributed by atoms with Gasteiger partial charge in [0, 0.05) is 29.2 Å². The third-order valence-corrected chi connectivity index (χ3v) is 5.14. The fourth-order valence-corrected chi connectivity index (χ4v) is 3.57. The summed E-state index contributed by atoms with van der Waals surface area (Å²) in [4.78, 5) is 19.4. The summed E-state index contributed by atoms with van der Waals surface area (Å²) in [6.45, 7) is 0. The second-order valence-corrected chi connectivity index (χ2v) is 7.22. The Kier molecular flexibility index (Phi) is 5.17. The minimum atomic E-state index is -4.41. The van der Waals surface area contributed by atoms with Crippen molar-refractivity contribution in [1.29, 1.82) is 0 Å². The van der Waals surface area contributed by atoms with E-state index in [-0.39, 0.29) is 23.9 Å². The number of benzene rings is 1. The molecule has 0 bridgehead atoms. The molecule has 1 aromatic carbocycles. The highest BCUT2D eigenvalue weighted by Gasteiger charge is 2.31. The van der Waals surface area contributed by atoms with E-state index >= 15 is 0 Å². The second-order valence-electron chi connectivity index (χ2n) is 7.22. The standard InChI is InChI=1S/C21H20F3N3O2/c22-21(23,24)14-5-10-19(25-12-14)29-16-8-6-15(7-9-16)26-20(28)18-11-13-3-1-2-4-17(13)27-18/h1-5,10-12,15-16,27H,6-9H2,(H,26,28). The Hall–Kier alpha value is -3.03. The molecule has 4 rings (SSSR count). The number of alkyl halides is 3. The molecule has 0 atom stereocenters. The zero-order valence-electron chi connectivity index (χ0n) is 15.5. The molecule has 29 heavy (non-hydrogen) atoms. The number of nitrogens with zero attached hydrogens (tertiary/aromatic N) is 1. The maximum atomic E-state index is 12.6. The van der Waals surface area contributed by atoms with Crippen LogP contribution < -0.4 is 10.1 Å². The van der Waals surface area contributed by atoms with Crippen molar-refractivity contribution in [2.45, 2.75) is 44.0 Å². The van der Waals surface area contributed by atoms with E-state index in [0.29, 0.717) is 18.5 Å². The number of pyridine rings is 1. The van der Waals surface area contributed by atoms with Crippen molar-refractivity contribution in [3.8, 4) is 5.88 Å². The van der Waals surface area contributed by atoms with Crippen LogP contribution in [0.2, 0.25) is 0 Å². The average molecular weight is 403 g/mol. The maximum Gasteiger partial charge on any atom is 0.417 e. The number of aromatic amines is 1. The molecule has 1 fully saturated rings. The first kappa shape index (κ1) is 19.3. The zero-order valence-corrected chi connectivity index (χ0v) is 15.5. The number of fused-ring (bicyclic) bond motifs is 1. The molecule has 1 aliphatic rings. The van der Waals surface area contributed by atoms with E-state index in [1.165, 1.54) is 6.07 Å². The zero-order chi connectivity index (χ0) is 20.4. The van der Waals surface area contributed by atoms with Crippen LogP contribution in [0.1, 0.15) is 41.7 Å². The molecule has 2 heterocycles. The van der Waals surface area contributed by atoms with E-state index in [0.717, 1.165) is 36.0 Å². The van der Waals surface area contributed by atoms with E-state index in [2.05, 4.69) is 15.3 Å². The Morgan fingerprint density at radius 1 is 1.10 bits per heavy atom. The number of rotatable bonds is 4. The lowest BCUT2D eigenvalue weighted by Gasteiger charge is -2.29. The van der Waals surface area contributed by atoms with Gasteiger partial charge in [-0.2, -0.15) is 13.2 Å². The molecule has 1 amide bonds. The first-order valence-electron chi connectivity index (χ1n) is 9.47. The molecule has 0 spiro atoms. The van der Waals surface area contributed by atoms with Gasteiger partial charge < -0.3 is 15.0 Å². The highest BCUT2D eigenvalue weighted by Crippen LogP contribution is 2.30. The molecule has 0 radical (unpaired) electrons. The molecule has 2 aromatic heterocycles. The number of para-hydroxylation sites is 1. The number of ether oxygens (including phenoxy) is 1. The molecule has 0 saturated heterocycles. The first-order chi connectivity index (χ1) is 13.9. The third-order valence-electron chi connectivity index (χ3n) is 5.14. The van der Waals surface area contributed by atoms with E-state index in [9.17, 15) is 18.0 Å². The molecule has 3 aromatic rings. The molecule has 2 N–H and O–H groups in total. The number of nitrogens with one attached hydrogen (secondary N) is 2. The molecular weight excluding hydrogens is 383 g/mol. The van der Waals surface area contributed by atoms with Crippen molar-refractivity contribution in [3.05, 3.63) is 59.9 Å². The molecule has 152 valence electrons. The highest BCUT2D eigenvalue weighted by molar-refractivity contribution is 5.98. The fourth-order valence-electron chi connectivity index (χ4n) is 3.57. The van der Waals surface area contributed by atoms with Gasteiger partial charge in [0.2, 0.25) is 5.88 Å². The normalized spacial score (nSPS) is 19.8. The summed E-state index contributed by atoms with van der Waals surface area (Å²) in [6, 6.07) is 11.8. The lowest BCUT2D eigenvalue weighted by molar-refractivity contribution is -0.137. The number of carbonyl (C=O) groups excluding carboxylic acids is 1. The van der Waals surface area contributed by atoms with Crippen LogP contribution in [-0.4, -0.2) is 28.0 Å². The van der Waals surface area contributed by atoms with Crippen LogP contribution in [-0.2, 0) is 6.18 Å². The molecule has 5 nitrogen and oxygen atoms in total. The van der Waals surface area contributed by atoms with Crippen molar-refractivity contribution < 1.29 is 22.7 Å². The fraction of sp³-hybridized carbons (Fsp3) is 0.333. The van der Waals surface area contributed by atoms with Gasteiger partial charge in [0.15, 0.2) is 0 Å². The summed E-state index contributed by atoms with van der Waals surface area (Å²) in [5, 5.41) is 4.02. The predicted octanol–water partition coefficient (Wildman–Crippen LogP) is 4.70. The van der Waals surface area contributed by atoms with Crippen LogP contribution in [0.5, 0.6) is 5.88 Å². The van der Waals surface area contributed by atoms with Crippen molar-refractivity contribution >= 4 is 16.8 Å². The topological polar surface area (TPSA) is 67.0 Å².